The number of cyclic esters (lactones) is 1. The predicted octanol–water partition coefficient (Wildman–Crippen LogP) is 0.531. The van der Waals surface area contributed by atoms with Crippen LogP contribution >= 0.6 is 0 Å². The van der Waals surface area contributed by atoms with Gasteiger partial charge in [-0.15, -0.1) is 0 Å². The molecule has 3 aliphatic heterocycles. The summed E-state index contributed by atoms with van der Waals surface area (Å²) >= 11 is 0. The van der Waals surface area contributed by atoms with E-state index < -0.39 is 0 Å². The van der Waals surface area contributed by atoms with Crippen molar-refractivity contribution in [2.75, 3.05) is 32.8 Å². The van der Waals surface area contributed by atoms with E-state index in [1.54, 1.807) is 0 Å². The van der Waals surface area contributed by atoms with E-state index in [0.29, 0.717) is 13.2 Å². The Morgan fingerprint density at radius 3 is 2.67 bits per heavy atom. The van der Waals surface area contributed by atoms with Gasteiger partial charge < -0.3 is 14.2 Å². The van der Waals surface area contributed by atoms with E-state index in [9.17, 15) is 4.79 Å². The Balaban J connectivity index is 1.35. The van der Waals surface area contributed by atoms with Crippen LogP contribution < -0.4 is 0 Å². The fourth-order valence-electron chi connectivity index (χ4n) is 3.50. The zero-order valence-electron chi connectivity index (χ0n) is 10.5. The molecule has 0 aromatic carbocycles. The molecular weight excluding hydrogens is 234 g/mol. The fraction of sp³-hybridized carbons (Fsp3) is 0.923. The third kappa shape index (κ3) is 1.68. The lowest BCUT2D eigenvalue weighted by atomic mass is 10.0. The molecule has 3 saturated heterocycles. The summed E-state index contributed by atoms with van der Waals surface area (Å²) in [5, 5.41) is 0. The highest BCUT2D eigenvalue weighted by Crippen LogP contribution is 2.54. The molecule has 4 rings (SSSR count). The molecule has 0 unspecified atom stereocenters. The van der Waals surface area contributed by atoms with E-state index in [2.05, 4.69) is 4.90 Å². The first kappa shape index (κ1) is 11.2. The quantitative estimate of drug-likeness (QED) is 0.672. The lowest BCUT2D eigenvalue weighted by Gasteiger charge is -2.23. The van der Waals surface area contributed by atoms with Gasteiger partial charge in [-0.05, 0) is 12.8 Å². The molecule has 1 aliphatic carbocycles. The molecule has 5 nitrogen and oxygen atoms in total. The molecule has 0 radical (unpaired) electrons. The number of carbonyl (C=O) groups is 1. The lowest BCUT2D eigenvalue weighted by Crippen LogP contribution is -2.37. The minimum atomic E-state index is -0.361. The van der Waals surface area contributed by atoms with Crippen molar-refractivity contribution >= 4 is 5.97 Å². The summed E-state index contributed by atoms with van der Waals surface area (Å²) in [5.74, 6) is -0.324. The molecule has 0 amide bonds. The van der Waals surface area contributed by atoms with E-state index in [4.69, 9.17) is 14.2 Å². The van der Waals surface area contributed by atoms with Crippen molar-refractivity contribution < 1.29 is 19.0 Å². The molecule has 5 heteroatoms. The Kier molecular flexibility index (Phi) is 2.29. The highest BCUT2D eigenvalue weighted by Gasteiger charge is 2.58. The Bertz CT molecular complexity index is 373. The van der Waals surface area contributed by atoms with Gasteiger partial charge in [0.05, 0.1) is 25.2 Å². The highest BCUT2D eigenvalue weighted by molar-refractivity contribution is 5.82. The van der Waals surface area contributed by atoms with Gasteiger partial charge in [0.15, 0.2) is 5.79 Å². The summed E-state index contributed by atoms with van der Waals surface area (Å²) < 4.78 is 16.9. The third-order valence-electron chi connectivity index (χ3n) is 4.73. The van der Waals surface area contributed by atoms with Crippen LogP contribution in [0.5, 0.6) is 0 Å². The predicted molar refractivity (Wildman–Crippen MR) is 61.9 cm³/mol. The molecule has 0 bridgehead atoms. The van der Waals surface area contributed by atoms with Crippen LogP contribution in [0.25, 0.3) is 0 Å². The van der Waals surface area contributed by atoms with Gasteiger partial charge in [-0.3, -0.25) is 9.69 Å². The van der Waals surface area contributed by atoms with Crippen molar-refractivity contribution in [3.05, 3.63) is 0 Å². The summed E-state index contributed by atoms with van der Waals surface area (Å²) in [7, 11) is 0. The second-order valence-corrected chi connectivity index (χ2v) is 6.10. The Morgan fingerprint density at radius 1 is 1.22 bits per heavy atom. The molecule has 0 N–H and O–H groups in total. The molecule has 1 saturated carbocycles. The Morgan fingerprint density at radius 2 is 2.00 bits per heavy atom. The van der Waals surface area contributed by atoms with Crippen LogP contribution in [0.1, 0.15) is 25.7 Å². The van der Waals surface area contributed by atoms with E-state index >= 15 is 0 Å². The van der Waals surface area contributed by atoms with Crippen LogP contribution in [-0.4, -0.2) is 55.6 Å². The standard InChI is InChI=1S/C13H19NO4/c15-11-12(1-2-12)7-10(18-11)8-14-4-3-13(9-14)16-5-6-17-13/h10H,1-9H2/t10-/m0/s1. The average Bonchev–Trinajstić information content (AvgIpc) is 2.71. The van der Waals surface area contributed by atoms with E-state index in [1.165, 1.54) is 0 Å². The molecular formula is C13H19NO4. The van der Waals surface area contributed by atoms with Gasteiger partial charge >= 0.3 is 5.97 Å². The molecule has 3 heterocycles. The molecule has 0 aromatic rings. The maximum atomic E-state index is 11.7. The SMILES string of the molecule is O=C1O[C@H](CN2CCC3(C2)OCCO3)CC12CC2. The van der Waals surface area contributed by atoms with Crippen LogP contribution in [0.3, 0.4) is 0 Å². The number of rotatable bonds is 2. The van der Waals surface area contributed by atoms with Gasteiger partial charge in [-0.25, -0.2) is 0 Å². The summed E-state index contributed by atoms with van der Waals surface area (Å²) in [6, 6.07) is 0. The molecule has 1 atom stereocenters. The van der Waals surface area contributed by atoms with E-state index in [-0.39, 0.29) is 23.3 Å². The summed E-state index contributed by atoms with van der Waals surface area (Å²) in [6.07, 6.45) is 3.98. The Hall–Kier alpha value is -0.650. The van der Waals surface area contributed by atoms with Crippen molar-refractivity contribution in [3.63, 3.8) is 0 Å². The average molecular weight is 253 g/mol. The van der Waals surface area contributed by atoms with Crippen molar-refractivity contribution in [1.82, 2.24) is 4.90 Å². The highest BCUT2D eigenvalue weighted by atomic mass is 16.7. The van der Waals surface area contributed by atoms with Gasteiger partial charge in [0.1, 0.15) is 6.10 Å². The minimum absolute atomic E-state index is 0.0368. The fourth-order valence-corrected chi connectivity index (χ4v) is 3.50. The zero-order chi connectivity index (χ0) is 12.2. The molecule has 18 heavy (non-hydrogen) atoms. The lowest BCUT2D eigenvalue weighted by molar-refractivity contribution is -0.149. The van der Waals surface area contributed by atoms with Crippen molar-refractivity contribution in [1.29, 1.82) is 0 Å². The third-order valence-corrected chi connectivity index (χ3v) is 4.73. The number of esters is 1. The molecule has 2 spiro atoms. The minimum Gasteiger partial charge on any atom is -0.461 e. The molecule has 4 fully saturated rings. The molecule has 100 valence electrons. The van der Waals surface area contributed by atoms with Crippen molar-refractivity contribution in [2.45, 2.75) is 37.6 Å². The monoisotopic (exact) mass is 253 g/mol. The number of likely N-dealkylation sites (tertiary alicyclic amines) is 1. The van der Waals surface area contributed by atoms with Crippen molar-refractivity contribution in [3.8, 4) is 0 Å². The van der Waals surface area contributed by atoms with Crippen LogP contribution in [0.4, 0.5) is 0 Å². The van der Waals surface area contributed by atoms with Gasteiger partial charge in [-0.1, -0.05) is 0 Å². The smallest absolute Gasteiger partial charge is 0.312 e. The number of nitrogens with zero attached hydrogens (tertiary/aromatic N) is 1. The largest absolute Gasteiger partial charge is 0.461 e. The second-order valence-electron chi connectivity index (χ2n) is 6.10. The van der Waals surface area contributed by atoms with Gasteiger partial charge in [0, 0.05) is 25.9 Å². The van der Waals surface area contributed by atoms with Crippen molar-refractivity contribution in [2.24, 2.45) is 5.41 Å². The van der Waals surface area contributed by atoms with Gasteiger partial charge in [-0.2, -0.15) is 0 Å². The molecule has 4 aliphatic rings. The van der Waals surface area contributed by atoms with E-state index in [1.807, 2.05) is 0 Å². The van der Waals surface area contributed by atoms with Crippen LogP contribution in [-0.2, 0) is 19.0 Å². The first-order valence-electron chi connectivity index (χ1n) is 6.91. The normalized spacial score (nSPS) is 36.7. The maximum absolute atomic E-state index is 11.7. The number of hydrogen-bond donors (Lipinski definition) is 0. The maximum Gasteiger partial charge on any atom is 0.312 e. The van der Waals surface area contributed by atoms with Crippen LogP contribution in [0, 0.1) is 5.41 Å². The summed E-state index contributed by atoms with van der Waals surface area (Å²) in [6.45, 7) is 4.03. The first-order valence-corrected chi connectivity index (χ1v) is 6.91. The van der Waals surface area contributed by atoms with Crippen LogP contribution in [0.15, 0.2) is 0 Å². The summed E-state index contributed by atoms with van der Waals surface area (Å²) in [5.41, 5.74) is -0.0809. The first-order chi connectivity index (χ1) is 8.70. The molecule has 0 aromatic heterocycles. The second kappa shape index (κ2) is 3.68. The topological polar surface area (TPSA) is 48.0 Å². The number of hydrogen-bond acceptors (Lipinski definition) is 5. The van der Waals surface area contributed by atoms with E-state index in [0.717, 1.165) is 45.3 Å². The number of ether oxygens (including phenoxy) is 3. The zero-order valence-corrected chi connectivity index (χ0v) is 10.5. The number of carbonyl (C=O) groups excluding carboxylic acids is 1. The summed E-state index contributed by atoms with van der Waals surface area (Å²) in [4.78, 5) is 14.0. The Labute approximate surface area is 106 Å². The van der Waals surface area contributed by atoms with Gasteiger partial charge in [0.2, 0.25) is 0 Å². The van der Waals surface area contributed by atoms with Gasteiger partial charge in [0.25, 0.3) is 0 Å². The van der Waals surface area contributed by atoms with Crippen LogP contribution in [0.2, 0.25) is 0 Å².